The van der Waals surface area contributed by atoms with E-state index in [9.17, 15) is 56.3 Å². The van der Waals surface area contributed by atoms with E-state index in [0.29, 0.717) is 30.1 Å². The summed E-state index contributed by atoms with van der Waals surface area (Å²) in [7, 11) is 0. The van der Waals surface area contributed by atoms with Crippen LogP contribution in [0.1, 0.15) is 506 Å². The molecule has 130 heavy (non-hydrogen) atoms. The second-order valence-corrected chi connectivity index (χ2v) is 46.9. The van der Waals surface area contributed by atoms with E-state index in [1.807, 2.05) is 228 Å². The van der Waals surface area contributed by atoms with Gasteiger partial charge in [-0.25, -0.2) is 0 Å². The molecule has 0 aromatic heterocycles. The molecule has 4 unspecified atom stereocenters. The number of carbonyl (C=O) groups excluding carboxylic acids is 9. The van der Waals surface area contributed by atoms with Gasteiger partial charge < -0.3 is 47.7 Å². The molecule has 0 spiro atoms. The Bertz CT molecular complexity index is 3200. The first-order valence-electron chi connectivity index (χ1n) is 50.1. The van der Waals surface area contributed by atoms with E-state index in [0.717, 1.165) is 71.1 Å². The van der Waals surface area contributed by atoms with Crippen molar-refractivity contribution in [1.82, 2.24) is 0 Å². The fourth-order valence-electron chi connectivity index (χ4n) is 11.9. The number of aliphatic hydroxyl groups excluding tert-OH is 1. The SMILES string of the molecule is CCC(C)(C(=O)OC(C)(C)C)C(F)(F)F.CCC(C)(C)C(=O)OC(C)(C)C.CCC(C)(C)C(=O)OC(C)(C)C(C)C.CCC(C)(C)C(=O)OC(C)(C)C1CCCC1.CCC(C)(C)C(=O)OC(C)(C)C1CCCCC1.CCC(C)(C)C(=O)OC(CC)(CC)C1CCCCCC1.CCC(C)(CO)C(=O)OC(C)(C)C.CCC(C)C(=O)OC(C)(C)C.CCC(C)C(=O)OC(C)(C)CC. The number of rotatable bonds is 31. The van der Waals surface area contributed by atoms with Crippen LogP contribution in [0.5, 0.6) is 0 Å². The molecule has 3 fully saturated rings. The Morgan fingerprint density at radius 3 is 0.785 bits per heavy atom. The Morgan fingerprint density at radius 1 is 0.285 bits per heavy atom. The molecule has 0 aromatic rings. The Morgan fingerprint density at radius 2 is 0.538 bits per heavy atom. The van der Waals surface area contributed by atoms with Crippen molar-refractivity contribution >= 4 is 53.7 Å². The van der Waals surface area contributed by atoms with E-state index < -0.39 is 34.2 Å². The Hall–Kier alpha value is -5.02. The highest BCUT2D eigenvalue weighted by molar-refractivity contribution is 5.80. The molecule has 19 nitrogen and oxygen atoms in total. The minimum absolute atomic E-state index is 0.00653. The van der Waals surface area contributed by atoms with Crippen LogP contribution in [-0.2, 0) is 85.8 Å². The maximum atomic E-state index is 12.6. The van der Waals surface area contributed by atoms with Crippen LogP contribution in [0.15, 0.2) is 0 Å². The van der Waals surface area contributed by atoms with Crippen LogP contribution >= 0.6 is 0 Å². The summed E-state index contributed by atoms with van der Waals surface area (Å²) >= 11 is 0. The molecule has 0 bridgehead atoms. The van der Waals surface area contributed by atoms with E-state index in [4.69, 9.17) is 47.7 Å². The third-order valence-electron chi connectivity index (χ3n) is 26.9. The van der Waals surface area contributed by atoms with E-state index in [1.54, 1.807) is 6.92 Å². The van der Waals surface area contributed by atoms with Gasteiger partial charge in [-0.15, -0.1) is 0 Å². The molecule has 0 saturated heterocycles. The topological polar surface area (TPSA) is 257 Å². The standard InChI is InChI=1S/C18H34O2.C15H28O2.C14H26O2.C12H24O2.C10H17F3O2.C10H20O3.2C10H20O2.C9H18O2/c1-6-17(4,5)16(19)20-18(7-2,8-3)15-13-11-9-10-12-14-15;1-6-14(2,3)13(16)17-15(4,5)12-10-8-7-9-11-12;1-6-13(2,3)12(15)16-14(4,5)11-9-7-8-10-11;1-8-11(4,5)10(13)14-12(6,7)9(2)3;1-6-9(5,10(11,12)13)7(14)15-8(2,3)4;1-6-10(5,7-11)8(12)13-9(2,3)4;1-7-10(5,6)8(11)12-9(2,3)4;1-6-8(3)9(11)12-10(4,5)7-2;1-6-7(2)8(10)11-9(3,4)5/h15H,6-14H2,1-5H3;12H,6-11H2,1-5H3;11H,6-10H2,1-5H3;9H,8H2,1-7H3;6H2,1-5H3;11H,6-7H2,1-5H3;7H2,1-6H3;8H,6-7H2,1-5H3;7H,6H2,1-5H3. The second-order valence-electron chi connectivity index (χ2n) is 46.9. The van der Waals surface area contributed by atoms with Gasteiger partial charge in [-0.05, 0) is 361 Å². The normalized spacial score (nSPS) is 16.4. The van der Waals surface area contributed by atoms with E-state index in [2.05, 4.69) is 62.3 Å². The predicted octanol–water partition coefficient (Wildman–Crippen LogP) is 30.1. The fraction of sp³-hybridized carbons (Fsp3) is 0.917. The van der Waals surface area contributed by atoms with Gasteiger partial charge in [0.2, 0.25) is 0 Å². The van der Waals surface area contributed by atoms with Crippen LogP contribution in [0.4, 0.5) is 13.2 Å². The number of esters is 9. The predicted molar refractivity (Wildman–Crippen MR) is 528 cm³/mol. The summed E-state index contributed by atoms with van der Waals surface area (Å²) < 4.78 is 86.7. The monoisotopic (exact) mass is 1870 g/mol. The van der Waals surface area contributed by atoms with Gasteiger partial charge in [0.1, 0.15) is 50.4 Å². The molecule has 3 rings (SSSR count). The largest absolute Gasteiger partial charge is 0.460 e. The van der Waals surface area contributed by atoms with Crippen LogP contribution in [0.25, 0.3) is 0 Å². The lowest BCUT2D eigenvalue weighted by Gasteiger charge is -2.41. The van der Waals surface area contributed by atoms with E-state index in [-0.39, 0.29) is 139 Å². The van der Waals surface area contributed by atoms with Crippen molar-refractivity contribution in [3.63, 3.8) is 0 Å². The number of aliphatic hydroxyl groups is 1. The third-order valence-corrected chi connectivity index (χ3v) is 26.9. The highest BCUT2D eigenvalue weighted by Crippen LogP contribution is 2.45. The van der Waals surface area contributed by atoms with Crippen molar-refractivity contribution in [1.29, 1.82) is 0 Å². The molecular weight excluding hydrogens is 1660 g/mol. The summed E-state index contributed by atoms with van der Waals surface area (Å²) in [6.45, 7) is 90.9. The number of hydrogen-bond acceptors (Lipinski definition) is 19. The Balaban J connectivity index is -0.000000335. The van der Waals surface area contributed by atoms with E-state index in [1.165, 1.54) is 124 Å². The van der Waals surface area contributed by atoms with Crippen LogP contribution in [0, 0.1) is 73.4 Å². The molecular formula is C108H207F3O19. The van der Waals surface area contributed by atoms with Gasteiger partial charge in [0.05, 0.1) is 50.9 Å². The molecule has 0 aliphatic heterocycles. The van der Waals surface area contributed by atoms with Crippen molar-refractivity contribution in [2.45, 2.75) is 562 Å². The minimum Gasteiger partial charge on any atom is -0.460 e. The lowest BCUT2D eigenvalue weighted by atomic mass is 9.77. The number of ether oxygens (including phenoxy) is 9. The first kappa shape index (κ1) is 136. The number of halogens is 3. The first-order chi connectivity index (χ1) is 58.3. The van der Waals surface area contributed by atoms with Crippen molar-refractivity contribution in [2.24, 2.45) is 73.4 Å². The van der Waals surface area contributed by atoms with Crippen LogP contribution in [0.2, 0.25) is 0 Å². The summed E-state index contributed by atoms with van der Waals surface area (Å²) in [5, 5.41) is 9.05. The van der Waals surface area contributed by atoms with Crippen molar-refractivity contribution < 1.29 is 104 Å². The van der Waals surface area contributed by atoms with Gasteiger partial charge in [-0.1, -0.05) is 169 Å². The molecule has 0 amide bonds. The van der Waals surface area contributed by atoms with Gasteiger partial charge in [0.25, 0.3) is 0 Å². The molecule has 22 heteroatoms. The summed E-state index contributed by atoms with van der Waals surface area (Å²) in [4.78, 5) is 105. The summed E-state index contributed by atoms with van der Waals surface area (Å²) in [6.07, 6.45) is 23.2. The smallest absolute Gasteiger partial charge is 0.404 e. The van der Waals surface area contributed by atoms with Gasteiger partial charge >= 0.3 is 59.9 Å². The van der Waals surface area contributed by atoms with Gasteiger partial charge in [-0.2, -0.15) is 13.2 Å². The average molecular weight is 1870 g/mol. The third kappa shape index (κ3) is 54.1. The molecule has 1 N–H and O–H groups in total. The maximum absolute atomic E-state index is 12.6. The Kier molecular flexibility index (Phi) is 61.1. The molecule has 774 valence electrons. The highest BCUT2D eigenvalue weighted by Gasteiger charge is 2.57. The minimum atomic E-state index is -4.58. The first-order valence-corrected chi connectivity index (χ1v) is 50.1. The van der Waals surface area contributed by atoms with Gasteiger partial charge in [0, 0.05) is 0 Å². The summed E-state index contributed by atoms with van der Waals surface area (Å²) in [5.74, 6) is -0.0244. The van der Waals surface area contributed by atoms with E-state index >= 15 is 0 Å². The molecule has 4 atom stereocenters. The summed E-state index contributed by atoms with van der Waals surface area (Å²) in [6, 6.07) is 0. The zero-order chi connectivity index (χ0) is 104. The maximum Gasteiger partial charge on any atom is 0.404 e. The zero-order valence-corrected chi connectivity index (χ0v) is 93.2. The lowest BCUT2D eigenvalue weighted by molar-refractivity contribution is -0.236. The lowest BCUT2D eigenvalue weighted by Crippen LogP contribution is -2.45. The van der Waals surface area contributed by atoms with Crippen LogP contribution in [-0.4, -0.2) is 122 Å². The van der Waals surface area contributed by atoms with Crippen molar-refractivity contribution in [3.05, 3.63) is 0 Å². The van der Waals surface area contributed by atoms with Crippen LogP contribution in [0.3, 0.4) is 0 Å². The average Bonchev–Trinajstić information content (AvgIpc) is 0.895. The second kappa shape index (κ2) is 58.5. The molecule has 3 saturated carbocycles. The fourth-order valence-corrected chi connectivity index (χ4v) is 11.9. The summed E-state index contributed by atoms with van der Waals surface area (Å²) in [5.41, 5.74) is -8.57. The molecule has 0 aromatic carbocycles. The quantitative estimate of drug-likeness (QED) is 0.0384. The highest BCUT2D eigenvalue weighted by atomic mass is 19.4. The molecule has 0 heterocycles. The number of carbonyl (C=O) groups is 9. The van der Waals surface area contributed by atoms with Crippen molar-refractivity contribution in [3.8, 4) is 0 Å². The van der Waals surface area contributed by atoms with Gasteiger partial charge in [0.15, 0.2) is 5.41 Å². The Labute approximate surface area is 796 Å². The molecule has 3 aliphatic rings. The van der Waals surface area contributed by atoms with Crippen LogP contribution < -0.4 is 0 Å². The van der Waals surface area contributed by atoms with Gasteiger partial charge in [-0.3, -0.25) is 43.2 Å². The number of hydrogen-bond donors (Lipinski definition) is 1. The number of alkyl halides is 3. The molecule has 3 aliphatic carbocycles. The zero-order valence-electron chi connectivity index (χ0n) is 93.2. The molecule has 0 radical (unpaired) electrons. The van der Waals surface area contributed by atoms with Crippen molar-refractivity contribution in [2.75, 3.05) is 6.61 Å².